The second-order valence-electron chi connectivity index (χ2n) is 4.23. The molecule has 0 radical (unpaired) electrons. The molecular formula is C12H13N5OS3. The van der Waals surface area contributed by atoms with Gasteiger partial charge in [-0.05, 0) is 6.26 Å². The van der Waals surface area contributed by atoms with E-state index < -0.39 is 0 Å². The van der Waals surface area contributed by atoms with Crippen LogP contribution in [0.25, 0.3) is 10.6 Å². The maximum atomic E-state index is 5.52. The van der Waals surface area contributed by atoms with E-state index in [9.17, 15) is 0 Å². The number of hydrogen-bond donors (Lipinski definition) is 0. The third-order valence-corrected chi connectivity index (χ3v) is 4.89. The van der Waals surface area contributed by atoms with E-state index in [2.05, 4.69) is 25.7 Å². The van der Waals surface area contributed by atoms with Gasteiger partial charge in [-0.3, -0.25) is 4.68 Å². The lowest BCUT2D eigenvalue weighted by atomic mass is 10.4. The largest absolute Gasteiger partial charge is 0.415 e. The molecule has 0 aliphatic carbocycles. The second kappa shape index (κ2) is 6.63. The lowest BCUT2D eigenvalue weighted by molar-refractivity contribution is 0.426. The van der Waals surface area contributed by atoms with Crippen molar-refractivity contribution in [1.29, 1.82) is 0 Å². The highest BCUT2D eigenvalue weighted by molar-refractivity contribution is 7.98. The average Bonchev–Trinajstić information content (AvgIpc) is 3.17. The summed E-state index contributed by atoms with van der Waals surface area (Å²) in [6, 6.07) is 0. The molecule has 9 heteroatoms. The van der Waals surface area contributed by atoms with E-state index in [1.54, 1.807) is 27.8 Å². The van der Waals surface area contributed by atoms with E-state index in [0.717, 1.165) is 27.8 Å². The van der Waals surface area contributed by atoms with Crippen molar-refractivity contribution in [3.05, 3.63) is 29.4 Å². The van der Waals surface area contributed by atoms with Crippen molar-refractivity contribution in [1.82, 2.24) is 25.0 Å². The van der Waals surface area contributed by atoms with E-state index in [0.29, 0.717) is 11.1 Å². The summed E-state index contributed by atoms with van der Waals surface area (Å²) >= 11 is 4.79. The minimum absolute atomic E-state index is 0.593. The van der Waals surface area contributed by atoms with Gasteiger partial charge in [-0.25, -0.2) is 4.98 Å². The molecule has 0 spiro atoms. The standard InChI is InChI=1S/C12H13N5OS3/c1-17-4-8(3-13-17)11-14-9(5-20-11)6-21-12-16-15-10(18-12)7-19-2/h3-5H,6-7H2,1-2H3. The third-order valence-electron chi connectivity index (χ3n) is 2.56. The second-order valence-corrected chi connectivity index (χ2v) is 6.88. The third kappa shape index (κ3) is 3.66. The maximum absolute atomic E-state index is 5.52. The first-order chi connectivity index (χ1) is 10.2. The first-order valence-corrected chi connectivity index (χ1v) is 9.38. The molecule has 0 aliphatic heterocycles. The molecule has 110 valence electrons. The molecule has 0 bridgehead atoms. The van der Waals surface area contributed by atoms with Crippen molar-refractivity contribution in [2.45, 2.75) is 16.7 Å². The summed E-state index contributed by atoms with van der Waals surface area (Å²) in [5.41, 5.74) is 2.05. The predicted octanol–water partition coefficient (Wildman–Crippen LogP) is 3.08. The van der Waals surface area contributed by atoms with Crippen LogP contribution in [0.5, 0.6) is 0 Å². The van der Waals surface area contributed by atoms with Gasteiger partial charge in [-0.1, -0.05) is 11.8 Å². The highest BCUT2D eigenvalue weighted by Gasteiger charge is 2.10. The zero-order chi connectivity index (χ0) is 14.7. The summed E-state index contributed by atoms with van der Waals surface area (Å²) in [5, 5.41) is 15.8. The SMILES string of the molecule is CSCc1nnc(SCc2csc(-c3cnn(C)c3)n2)o1. The molecule has 21 heavy (non-hydrogen) atoms. The van der Waals surface area contributed by atoms with Crippen LogP contribution in [-0.2, 0) is 18.6 Å². The Balaban J connectivity index is 1.61. The fraction of sp³-hybridized carbons (Fsp3) is 0.333. The number of aromatic nitrogens is 5. The van der Waals surface area contributed by atoms with E-state index in [4.69, 9.17) is 4.42 Å². The highest BCUT2D eigenvalue weighted by atomic mass is 32.2. The molecule has 3 aromatic heterocycles. The van der Waals surface area contributed by atoms with Crippen molar-refractivity contribution in [2.24, 2.45) is 7.05 Å². The van der Waals surface area contributed by atoms with Gasteiger partial charge in [-0.15, -0.1) is 21.5 Å². The Bertz CT molecular complexity index is 720. The summed E-state index contributed by atoms with van der Waals surface area (Å²) in [6.07, 6.45) is 5.79. The monoisotopic (exact) mass is 339 g/mol. The lowest BCUT2D eigenvalue weighted by Gasteiger charge is -1.92. The van der Waals surface area contributed by atoms with Crippen LogP contribution in [0.15, 0.2) is 27.4 Å². The van der Waals surface area contributed by atoms with Gasteiger partial charge in [0.05, 0.1) is 17.6 Å². The van der Waals surface area contributed by atoms with E-state index in [1.807, 2.05) is 25.7 Å². The molecule has 3 aromatic rings. The Hall–Kier alpha value is -1.32. The van der Waals surface area contributed by atoms with Gasteiger partial charge >= 0.3 is 0 Å². The fourth-order valence-electron chi connectivity index (χ4n) is 1.65. The molecule has 6 nitrogen and oxygen atoms in total. The molecule has 0 saturated carbocycles. The van der Waals surface area contributed by atoms with Crippen molar-refractivity contribution in [3.8, 4) is 10.6 Å². The minimum atomic E-state index is 0.593. The molecule has 3 rings (SSSR count). The van der Waals surface area contributed by atoms with Gasteiger partial charge in [0.25, 0.3) is 5.22 Å². The minimum Gasteiger partial charge on any atom is -0.415 e. The summed E-state index contributed by atoms with van der Waals surface area (Å²) in [6.45, 7) is 0. The van der Waals surface area contributed by atoms with Crippen LogP contribution in [0.2, 0.25) is 0 Å². The van der Waals surface area contributed by atoms with Crippen molar-refractivity contribution >= 4 is 34.9 Å². The van der Waals surface area contributed by atoms with Crippen LogP contribution in [0.3, 0.4) is 0 Å². The lowest BCUT2D eigenvalue weighted by Crippen LogP contribution is -1.84. The quantitative estimate of drug-likeness (QED) is 0.639. The zero-order valence-corrected chi connectivity index (χ0v) is 14.0. The van der Waals surface area contributed by atoms with Gasteiger partial charge in [0.1, 0.15) is 5.01 Å². The van der Waals surface area contributed by atoms with Crippen LogP contribution >= 0.6 is 34.9 Å². The number of aryl methyl sites for hydroxylation is 1. The van der Waals surface area contributed by atoms with Gasteiger partial charge in [0.15, 0.2) is 0 Å². The Morgan fingerprint density at radius 2 is 2.24 bits per heavy atom. The molecule has 0 amide bonds. The smallest absolute Gasteiger partial charge is 0.276 e. The highest BCUT2D eigenvalue weighted by Crippen LogP contribution is 2.27. The Labute approximate surface area is 134 Å². The van der Waals surface area contributed by atoms with E-state index in [-0.39, 0.29) is 0 Å². The number of thiazole rings is 1. The predicted molar refractivity (Wildman–Crippen MR) is 85.4 cm³/mol. The Kier molecular flexibility index (Phi) is 4.61. The van der Waals surface area contributed by atoms with Gasteiger partial charge in [0.2, 0.25) is 5.89 Å². The maximum Gasteiger partial charge on any atom is 0.276 e. The van der Waals surface area contributed by atoms with Crippen molar-refractivity contribution < 1.29 is 4.42 Å². The summed E-state index contributed by atoms with van der Waals surface area (Å²) in [5.74, 6) is 2.13. The molecule has 0 fully saturated rings. The molecule has 0 N–H and O–H groups in total. The van der Waals surface area contributed by atoms with Crippen LogP contribution in [0, 0.1) is 0 Å². The molecule has 0 saturated heterocycles. The fourth-order valence-corrected chi connectivity index (χ4v) is 3.59. The number of rotatable bonds is 6. The number of hydrogen-bond acceptors (Lipinski definition) is 8. The Morgan fingerprint density at radius 1 is 1.33 bits per heavy atom. The molecular weight excluding hydrogens is 326 g/mol. The molecule has 0 unspecified atom stereocenters. The zero-order valence-electron chi connectivity index (χ0n) is 11.5. The number of nitrogens with zero attached hydrogens (tertiary/aromatic N) is 5. The molecule has 0 atom stereocenters. The van der Waals surface area contributed by atoms with Crippen molar-refractivity contribution in [2.75, 3.05) is 6.26 Å². The normalized spacial score (nSPS) is 11.1. The Morgan fingerprint density at radius 3 is 3.00 bits per heavy atom. The first kappa shape index (κ1) is 14.6. The van der Waals surface area contributed by atoms with Crippen LogP contribution in [-0.4, -0.2) is 31.2 Å². The number of thioether (sulfide) groups is 2. The van der Waals surface area contributed by atoms with Crippen LogP contribution < -0.4 is 0 Å². The van der Waals surface area contributed by atoms with Crippen molar-refractivity contribution in [3.63, 3.8) is 0 Å². The molecule has 0 aliphatic rings. The topological polar surface area (TPSA) is 69.6 Å². The average molecular weight is 339 g/mol. The van der Waals surface area contributed by atoms with E-state index in [1.165, 1.54) is 11.8 Å². The van der Waals surface area contributed by atoms with E-state index >= 15 is 0 Å². The van der Waals surface area contributed by atoms with Gasteiger partial charge in [0, 0.05) is 29.9 Å². The molecule has 0 aromatic carbocycles. The first-order valence-electron chi connectivity index (χ1n) is 6.12. The summed E-state index contributed by atoms with van der Waals surface area (Å²) in [4.78, 5) is 4.60. The summed E-state index contributed by atoms with van der Waals surface area (Å²) in [7, 11) is 1.90. The van der Waals surface area contributed by atoms with Crippen LogP contribution in [0.1, 0.15) is 11.6 Å². The van der Waals surface area contributed by atoms with Crippen LogP contribution in [0.4, 0.5) is 0 Å². The van der Waals surface area contributed by atoms with Gasteiger partial charge < -0.3 is 4.42 Å². The van der Waals surface area contributed by atoms with Gasteiger partial charge in [-0.2, -0.15) is 16.9 Å². The molecule has 3 heterocycles. The summed E-state index contributed by atoms with van der Waals surface area (Å²) < 4.78 is 7.30.